The minimum Gasteiger partial charge on any atom is -0.485 e. The third kappa shape index (κ3) is 4.64. The number of ether oxygens (including phenoxy) is 1. The molecule has 0 radical (unpaired) electrons. The first kappa shape index (κ1) is 18.9. The van der Waals surface area contributed by atoms with Crippen LogP contribution in [0.4, 0.5) is 17.1 Å². The smallest absolute Gasteiger partial charge is 0.255 e. The van der Waals surface area contributed by atoms with Gasteiger partial charge in [-0.25, -0.2) is 0 Å². The van der Waals surface area contributed by atoms with Crippen molar-refractivity contribution >= 4 is 46.2 Å². The molecule has 0 bridgehead atoms. The summed E-state index contributed by atoms with van der Waals surface area (Å²) in [5.74, 6) is 0.132. The van der Waals surface area contributed by atoms with Crippen LogP contribution in [0.2, 0.25) is 10.0 Å². The molecule has 5 N–H and O–H groups in total. The lowest BCUT2D eigenvalue weighted by molar-refractivity contribution is 0.102. The van der Waals surface area contributed by atoms with Crippen LogP contribution >= 0.6 is 23.2 Å². The number of carbonyl (C=O) groups is 1. The van der Waals surface area contributed by atoms with Crippen molar-refractivity contribution in [3.05, 3.63) is 81.8 Å². The molecule has 1 amide bonds. The average Bonchev–Trinajstić information content (AvgIpc) is 2.63. The van der Waals surface area contributed by atoms with Gasteiger partial charge < -0.3 is 21.5 Å². The molecule has 0 spiro atoms. The fourth-order valence-electron chi connectivity index (χ4n) is 2.45. The van der Waals surface area contributed by atoms with Crippen molar-refractivity contribution < 1.29 is 9.53 Å². The van der Waals surface area contributed by atoms with Crippen LogP contribution in [0, 0.1) is 0 Å². The van der Waals surface area contributed by atoms with Crippen molar-refractivity contribution in [2.24, 2.45) is 0 Å². The monoisotopic (exact) mass is 401 g/mol. The highest BCUT2D eigenvalue weighted by atomic mass is 35.5. The first-order valence-corrected chi connectivity index (χ1v) is 8.82. The van der Waals surface area contributed by atoms with Gasteiger partial charge in [-0.05, 0) is 42.0 Å². The minimum atomic E-state index is -0.245. The highest BCUT2D eigenvalue weighted by molar-refractivity contribution is 6.36. The Morgan fingerprint density at radius 1 is 0.963 bits per heavy atom. The molecule has 0 aromatic heterocycles. The Morgan fingerprint density at radius 2 is 1.67 bits per heavy atom. The number of hydrogen-bond donors (Lipinski definition) is 3. The molecule has 3 aromatic rings. The van der Waals surface area contributed by atoms with Crippen molar-refractivity contribution in [2.45, 2.75) is 6.61 Å². The van der Waals surface area contributed by atoms with Gasteiger partial charge in [-0.1, -0.05) is 47.5 Å². The van der Waals surface area contributed by atoms with Crippen LogP contribution in [0.25, 0.3) is 0 Å². The Bertz CT molecular complexity index is 952. The van der Waals surface area contributed by atoms with Gasteiger partial charge in [-0.2, -0.15) is 0 Å². The molecule has 3 aromatic carbocycles. The van der Waals surface area contributed by atoms with E-state index in [0.29, 0.717) is 38.4 Å². The predicted molar refractivity (Wildman–Crippen MR) is 110 cm³/mol. The molecule has 5 nitrogen and oxygen atoms in total. The molecule has 27 heavy (non-hydrogen) atoms. The van der Waals surface area contributed by atoms with Gasteiger partial charge in [0.15, 0.2) is 5.75 Å². The predicted octanol–water partition coefficient (Wildman–Crippen LogP) is 4.99. The number of nitrogens with one attached hydrogen (secondary N) is 1. The number of nitrogen functional groups attached to an aromatic ring is 2. The van der Waals surface area contributed by atoms with E-state index >= 15 is 0 Å². The van der Waals surface area contributed by atoms with Crippen LogP contribution in [0.3, 0.4) is 0 Å². The third-order valence-electron chi connectivity index (χ3n) is 3.85. The number of carbonyl (C=O) groups excluding carboxylic acids is 1. The number of para-hydroxylation sites is 2. The summed E-state index contributed by atoms with van der Waals surface area (Å²) in [5, 5.41) is 3.57. The molecule has 0 aliphatic rings. The lowest BCUT2D eigenvalue weighted by Crippen LogP contribution is -2.13. The highest BCUT2D eigenvalue weighted by Gasteiger charge is 2.10. The Kier molecular flexibility index (Phi) is 5.74. The summed E-state index contributed by atoms with van der Waals surface area (Å²) < 4.78 is 5.69. The largest absolute Gasteiger partial charge is 0.485 e. The van der Waals surface area contributed by atoms with E-state index in [0.717, 1.165) is 5.56 Å². The van der Waals surface area contributed by atoms with Crippen LogP contribution in [-0.4, -0.2) is 5.91 Å². The van der Waals surface area contributed by atoms with Crippen molar-refractivity contribution in [3.63, 3.8) is 0 Å². The van der Waals surface area contributed by atoms with Gasteiger partial charge in [0, 0.05) is 10.6 Å². The fourth-order valence-corrected chi connectivity index (χ4v) is 3.01. The average molecular weight is 402 g/mol. The van der Waals surface area contributed by atoms with E-state index in [1.165, 1.54) is 0 Å². The van der Waals surface area contributed by atoms with E-state index in [4.69, 9.17) is 39.4 Å². The number of halogens is 2. The number of benzene rings is 3. The van der Waals surface area contributed by atoms with Crippen LogP contribution in [0.5, 0.6) is 5.75 Å². The number of anilines is 3. The second-order valence-corrected chi connectivity index (χ2v) is 6.68. The molecule has 138 valence electrons. The van der Waals surface area contributed by atoms with Gasteiger partial charge in [-0.15, -0.1) is 0 Å². The zero-order valence-electron chi connectivity index (χ0n) is 14.2. The lowest BCUT2D eigenvalue weighted by atomic mass is 10.1. The quantitative estimate of drug-likeness (QED) is 0.525. The Morgan fingerprint density at radius 3 is 2.33 bits per heavy atom. The molecular formula is C20H17Cl2N3O2. The van der Waals surface area contributed by atoms with Crippen LogP contribution in [0.15, 0.2) is 60.7 Å². The van der Waals surface area contributed by atoms with E-state index in [9.17, 15) is 4.79 Å². The first-order chi connectivity index (χ1) is 12.9. The summed E-state index contributed by atoms with van der Waals surface area (Å²) >= 11 is 12.0. The lowest BCUT2D eigenvalue weighted by Gasteiger charge is -2.12. The maximum atomic E-state index is 12.3. The molecule has 3 rings (SSSR count). The van der Waals surface area contributed by atoms with Crippen molar-refractivity contribution in [2.75, 3.05) is 16.8 Å². The standard InChI is InChI=1S/C20H17Cl2N3O2/c21-14-9-15(22)19(17(24)10-14)27-11-12-5-7-13(8-6-12)20(26)25-18-4-2-1-3-16(18)23/h1-10H,11,23-24H2,(H,25,26). The van der Waals surface area contributed by atoms with Crippen molar-refractivity contribution in [1.29, 1.82) is 0 Å². The zero-order chi connectivity index (χ0) is 19.4. The summed E-state index contributed by atoms with van der Waals surface area (Å²) in [6.07, 6.45) is 0. The molecule has 0 aliphatic carbocycles. The number of rotatable bonds is 5. The molecule has 7 heteroatoms. The topological polar surface area (TPSA) is 90.4 Å². The summed E-state index contributed by atoms with van der Waals surface area (Å²) in [6, 6.07) is 17.2. The summed E-state index contributed by atoms with van der Waals surface area (Å²) in [6.45, 7) is 0.249. The van der Waals surface area contributed by atoms with E-state index in [2.05, 4.69) is 5.32 Å². The molecule has 0 heterocycles. The van der Waals surface area contributed by atoms with Gasteiger partial charge in [0.1, 0.15) is 6.61 Å². The molecular weight excluding hydrogens is 385 g/mol. The van der Waals surface area contributed by atoms with Gasteiger partial charge in [0.25, 0.3) is 5.91 Å². The summed E-state index contributed by atoms with van der Waals surface area (Å²) in [5.41, 5.74) is 14.5. The zero-order valence-corrected chi connectivity index (χ0v) is 15.7. The third-order valence-corrected chi connectivity index (χ3v) is 4.34. The summed E-state index contributed by atoms with van der Waals surface area (Å²) in [7, 11) is 0. The molecule has 0 saturated heterocycles. The molecule has 0 unspecified atom stereocenters. The van der Waals surface area contributed by atoms with Crippen molar-refractivity contribution in [1.82, 2.24) is 0 Å². The van der Waals surface area contributed by atoms with Crippen LogP contribution in [0.1, 0.15) is 15.9 Å². The van der Waals surface area contributed by atoms with Gasteiger partial charge in [0.05, 0.1) is 22.1 Å². The van der Waals surface area contributed by atoms with Gasteiger partial charge in [-0.3, -0.25) is 4.79 Å². The van der Waals surface area contributed by atoms with E-state index in [1.807, 2.05) is 0 Å². The number of hydrogen-bond acceptors (Lipinski definition) is 4. The van der Waals surface area contributed by atoms with E-state index in [-0.39, 0.29) is 12.5 Å². The molecule has 0 aliphatic heterocycles. The molecule has 0 atom stereocenters. The second-order valence-electron chi connectivity index (χ2n) is 5.83. The number of amides is 1. The maximum absolute atomic E-state index is 12.3. The SMILES string of the molecule is Nc1ccccc1NC(=O)c1ccc(COc2c(N)cc(Cl)cc2Cl)cc1. The second kappa shape index (κ2) is 8.20. The molecule has 0 fully saturated rings. The summed E-state index contributed by atoms with van der Waals surface area (Å²) in [4.78, 5) is 12.3. The van der Waals surface area contributed by atoms with Crippen LogP contribution < -0.4 is 21.5 Å². The van der Waals surface area contributed by atoms with Crippen molar-refractivity contribution in [3.8, 4) is 5.75 Å². The normalized spacial score (nSPS) is 10.4. The Hall–Kier alpha value is -2.89. The minimum absolute atomic E-state index is 0.245. The Labute approximate surface area is 166 Å². The fraction of sp³-hybridized carbons (Fsp3) is 0.0500. The molecule has 0 saturated carbocycles. The highest BCUT2D eigenvalue weighted by Crippen LogP contribution is 2.34. The van der Waals surface area contributed by atoms with Gasteiger partial charge >= 0.3 is 0 Å². The number of nitrogens with two attached hydrogens (primary N) is 2. The first-order valence-electron chi connectivity index (χ1n) is 8.06. The van der Waals surface area contributed by atoms with E-state index in [1.54, 1.807) is 60.7 Å². The Balaban J connectivity index is 1.65. The maximum Gasteiger partial charge on any atom is 0.255 e. The van der Waals surface area contributed by atoms with Crippen LogP contribution in [-0.2, 0) is 6.61 Å². The van der Waals surface area contributed by atoms with E-state index < -0.39 is 0 Å². The van der Waals surface area contributed by atoms with Gasteiger partial charge in [0.2, 0.25) is 0 Å².